The molecule has 1 N–H and O–H groups in total. The van der Waals surface area contributed by atoms with Gasteiger partial charge >= 0.3 is 5.97 Å². The summed E-state index contributed by atoms with van der Waals surface area (Å²) in [7, 11) is 4.03. The Labute approximate surface area is 159 Å². The lowest BCUT2D eigenvalue weighted by molar-refractivity contribution is -0.139. The first-order chi connectivity index (χ1) is 12.3. The summed E-state index contributed by atoms with van der Waals surface area (Å²) in [5.74, 6) is -0.767. The van der Waals surface area contributed by atoms with Crippen molar-refractivity contribution in [2.45, 2.75) is 26.3 Å². The third kappa shape index (κ3) is 4.80. The van der Waals surface area contributed by atoms with Crippen LogP contribution in [0.4, 0.5) is 4.39 Å². The van der Waals surface area contributed by atoms with E-state index in [0.29, 0.717) is 22.8 Å². The highest BCUT2D eigenvalue weighted by Gasteiger charge is 2.34. The van der Waals surface area contributed by atoms with Crippen LogP contribution in [0.25, 0.3) is 0 Å². The van der Waals surface area contributed by atoms with Gasteiger partial charge in [0.15, 0.2) is 5.11 Å². The molecule has 2 rings (SSSR count). The first-order valence-corrected chi connectivity index (χ1v) is 9.12. The third-order valence-corrected chi connectivity index (χ3v) is 4.60. The van der Waals surface area contributed by atoms with Gasteiger partial charge in [-0.25, -0.2) is 9.18 Å². The van der Waals surface area contributed by atoms with E-state index in [1.165, 1.54) is 12.1 Å². The number of ether oxygens (including phenoxy) is 1. The van der Waals surface area contributed by atoms with Crippen molar-refractivity contribution in [3.8, 4) is 0 Å². The van der Waals surface area contributed by atoms with E-state index >= 15 is 0 Å². The fourth-order valence-electron chi connectivity index (χ4n) is 3.01. The van der Waals surface area contributed by atoms with E-state index in [0.717, 1.165) is 18.7 Å². The fourth-order valence-corrected chi connectivity index (χ4v) is 3.35. The molecule has 0 unspecified atom stereocenters. The van der Waals surface area contributed by atoms with Crippen LogP contribution in [0.1, 0.15) is 31.9 Å². The number of allylic oxidation sites excluding steroid dienone is 1. The summed E-state index contributed by atoms with van der Waals surface area (Å²) >= 11 is 5.52. The maximum atomic E-state index is 13.7. The second-order valence-electron chi connectivity index (χ2n) is 6.47. The lowest BCUT2D eigenvalue weighted by atomic mass is 9.95. The smallest absolute Gasteiger partial charge is 0.338 e. The molecule has 1 atom stereocenters. The predicted molar refractivity (Wildman–Crippen MR) is 104 cm³/mol. The molecule has 0 fully saturated rings. The summed E-state index contributed by atoms with van der Waals surface area (Å²) in [5.41, 5.74) is 1.86. The molecule has 0 radical (unpaired) electrons. The molecule has 5 nitrogen and oxygen atoms in total. The standard InChI is InChI=1S/C19H26FN3O2S/c1-5-25-18(24)16-13(2)23(11-7-10-22(3)4)19(26)21-17(16)14-8-6-9-15(20)12-14/h6,8-9,12,17H,5,7,10-11H2,1-4H3,(H,21,26)/t17-/m0/s1. The van der Waals surface area contributed by atoms with E-state index < -0.39 is 12.0 Å². The Hall–Kier alpha value is -1.99. The first kappa shape index (κ1) is 20.3. The van der Waals surface area contributed by atoms with Crippen molar-refractivity contribution < 1.29 is 13.9 Å². The molecular formula is C19H26FN3O2S. The normalized spacial score (nSPS) is 17.5. The van der Waals surface area contributed by atoms with Gasteiger partial charge in [-0.15, -0.1) is 0 Å². The van der Waals surface area contributed by atoms with Crippen LogP contribution in [0.3, 0.4) is 0 Å². The second kappa shape index (κ2) is 9.09. The van der Waals surface area contributed by atoms with Crippen LogP contribution in [0.2, 0.25) is 0 Å². The average molecular weight is 380 g/mol. The fraction of sp³-hybridized carbons (Fsp3) is 0.474. The minimum Gasteiger partial charge on any atom is -0.463 e. The van der Waals surface area contributed by atoms with Gasteiger partial charge < -0.3 is 19.9 Å². The van der Waals surface area contributed by atoms with Crippen molar-refractivity contribution in [2.75, 3.05) is 33.8 Å². The lowest BCUT2D eigenvalue weighted by Gasteiger charge is -2.37. The summed E-state index contributed by atoms with van der Waals surface area (Å²) in [6.45, 7) is 5.50. The van der Waals surface area contributed by atoms with Gasteiger partial charge in [0.1, 0.15) is 5.82 Å². The molecular weight excluding hydrogens is 353 g/mol. The van der Waals surface area contributed by atoms with Crippen LogP contribution >= 0.6 is 12.2 Å². The Balaban J connectivity index is 2.38. The van der Waals surface area contributed by atoms with Crippen LogP contribution < -0.4 is 5.32 Å². The van der Waals surface area contributed by atoms with Crippen LogP contribution in [-0.2, 0) is 9.53 Å². The zero-order valence-electron chi connectivity index (χ0n) is 15.7. The van der Waals surface area contributed by atoms with Crippen molar-refractivity contribution in [3.63, 3.8) is 0 Å². The summed E-state index contributed by atoms with van der Waals surface area (Å²) in [6.07, 6.45) is 0.896. The Morgan fingerprint density at radius 3 is 2.77 bits per heavy atom. The Kier molecular flexibility index (Phi) is 7.11. The maximum Gasteiger partial charge on any atom is 0.338 e. The highest BCUT2D eigenvalue weighted by molar-refractivity contribution is 7.80. The molecule has 142 valence electrons. The van der Waals surface area contributed by atoms with Crippen molar-refractivity contribution in [1.29, 1.82) is 0 Å². The van der Waals surface area contributed by atoms with Crippen LogP contribution in [-0.4, -0.2) is 54.7 Å². The van der Waals surface area contributed by atoms with E-state index in [1.54, 1.807) is 19.1 Å². The Bertz CT molecular complexity index is 706. The minimum absolute atomic E-state index is 0.274. The summed E-state index contributed by atoms with van der Waals surface area (Å²) in [5, 5.41) is 3.72. The number of rotatable bonds is 7. The SMILES string of the molecule is CCOC(=O)C1=C(C)N(CCCN(C)C)C(=S)N[C@H]1c1cccc(F)c1. The van der Waals surface area contributed by atoms with Crippen LogP contribution in [0.15, 0.2) is 35.5 Å². The maximum absolute atomic E-state index is 13.7. The number of nitrogens with one attached hydrogen (secondary N) is 1. The molecule has 0 aliphatic carbocycles. The highest BCUT2D eigenvalue weighted by atomic mass is 32.1. The topological polar surface area (TPSA) is 44.8 Å². The predicted octanol–water partition coefficient (Wildman–Crippen LogP) is 2.85. The molecule has 0 spiro atoms. The molecule has 1 heterocycles. The number of carbonyl (C=O) groups excluding carboxylic acids is 1. The molecule has 26 heavy (non-hydrogen) atoms. The van der Waals surface area contributed by atoms with E-state index in [2.05, 4.69) is 10.2 Å². The number of halogens is 1. The van der Waals surface area contributed by atoms with Crippen LogP contribution in [0.5, 0.6) is 0 Å². The largest absolute Gasteiger partial charge is 0.463 e. The Morgan fingerprint density at radius 2 is 2.15 bits per heavy atom. The zero-order valence-corrected chi connectivity index (χ0v) is 16.5. The summed E-state index contributed by atoms with van der Waals surface area (Å²) in [6, 6.07) is 5.66. The number of carbonyl (C=O) groups is 1. The molecule has 0 saturated carbocycles. The molecule has 7 heteroatoms. The quantitative estimate of drug-likeness (QED) is 0.581. The average Bonchev–Trinajstić information content (AvgIpc) is 2.57. The van der Waals surface area contributed by atoms with E-state index in [1.807, 2.05) is 25.9 Å². The van der Waals surface area contributed by atoms with Gasteiger partial charge in [-0.3, -0.25) is 0 Å². The highest BCUT2D eigenvalue weighted by Crippen LogP contribution is 2.31. The summed E-state index contributed by atoms with van der Waals surface area (Å²) < 4.78 is 19.0. The monoisotopic (exact) mass is 379 g/mol. The molecule has 0 aromatic heterocycles. The number of esters is 1. The van der Waals surface area contributed by atoms with Gasteiger partial charge in [0.05, 0.1) is 18.2 Å². The number of hydrogen-bond donors (Lipinski definition) is 1. The van der Waals surface area contributed by atoms with Crippen molar-refractivity contribution >= 4 is 23.3 Å². The van der Waals surface area contributed by atoms with E-state index in [9.17, 15) is 9.18 Å². The van der Waals surface area contributed by atoms with E-state index in [4.69, 9.17) is 17.0 Å². The van der Waals surface area contributed by atoms with Gasteiger partial charge in [0.25, 0.3) is 0 Å². The molecule has 0 bridgehead atoms. The van der Waals surface area contributed by atoms with Gasteiger partial charge in [-0.05, 0) is 70.8 Å². The molecule has 1 aromatic rings. The van der Waals surface area contributed by atoms with Gasteiger partial charge in [0.2, 0.25) is 0 Å². The molecule has 1 aliphatic rings. The van der Waals surface area contributed by atoms with E-state index in [-0.39, 0.29) is 12.4 Å². The number of benzene rings is 1. The summed E-state index contributed by atoms with van der Waals surface area (Å²) in [4.78, 5) is 16.6. The van der Waals surface area contributed by atoms with Gasteiger partial charge in [0, 0.05) is 12.2 Å². The van der Waals surface area contributed by atoms with Gasteiger partial charge in [-0.2, -0.15) is 0 Å². The minimum atomic E-state index is -0.526. The number of nitrogens with zero attached hydrogens (tertiary/aromatic N) is 2. The zero-order chi connectivity index (χ0) is 19.3. The second-order valence-corrected chi connectivity index (χ2v) is 6.85. The van der Waals surface area contributed by atoms with Crippen LogP contribution in [0, 0.1) is 5.82 Å². The van der Waals surface area contributed by atoms with Crippen molar-refractivity contribution in [1.82, 2.24) is 15.1 Å². The Morgan fingerprint density at radius 1 is 1.42 bits per heavy atom. The molecule has 0 amide bonds. The lowest BCUT2D eigenvalue weighted by Crippen LogP contribution is -2.48. The number of thiocarbonyl (C=S) groups is 1. The van der Waals surface area contributed by atoms with Crippen molar-refractivity contribution in [3.05, 3.63) is 46.9 Å². The van der Waals surface area contributed by atoms with Crippen molar-refractivity contribution in [2.24, 2.45) is 0 Å². The molecule has 1 aliphatic heterocycles. The third-order valence-electron chi connectivity index (χ3n) is 4.26. The molecule has 1 aromatic carbocycles. The molecule has 0 saturated heterocycles. The van der Waals surface area contributed by atoms with Gasteiger partial charge in [-0.1, -0.05) is 12.1 Å². The first-order valence-electron chi connectivity index (χ1n) is 8.71. The number of hydrogen-bond acceptors (Lipinski definition) is 4.